The first-order valence-corrected chi connectivity index (χ1v) is 8.46. The first-order valence-electron chi connectivity index (χ1n) is 6.38. The molecule has 1 fully saturated rings. The maximum absolute atomic E-state index is 12.4. The van der Waals surface area contributed by atoms with E-state index >= 15 is 0 Å². The Hall–Kier alpha value is -0.880. The predicted octanol–water partition coefficient (Wildman–Crippen LogP) is 3.14. The summed E-state index contributed by atoms with van der Waals surface area (Å²) in [6, 6.07) is 5.64. The van der Waals surface area contributed by atoms with Crippen molar-refractivity contribution in [2.24, 2.45) is 5.92 Å². The summed E-state index contributed by atoms with van der Waals surface area (Å²) in [7, 11) is -4.51. The molecule has 0 spiro atoms. The summed E-state index contributed by atoms with van der Waals surface area (Å²) in [5, 5.41) is 0. The van der Waals surface area contributed by atoms with Crippen molar-refractivity contribution in [3.63, 3.8) is 0 Å². The number of halogens is 3. The fourth-order valence-electron chi connectivity index (χ4n) is 2.29. The minimum Gasteiger partial charge on any atom is -0.372 e. The van der Waals surface area contributed by atoms with Gasteiger partial charge in [-0.25, -0.2) is 8.42 Å². The quantitative estimate of drug-likeness (QED) is 0.799. The Balaban J connectivity index is 2.10. The van der Waals surface area contributed by atoms with Crippen molar-refractivity contribution in [1.29, 1.82) is 0 Å². The van der Waals surface area contributed by atoms with Crippen LogP contribution in [0.5, 0.6) is 0 Å². The third-order valence-electron chi connectivity index (χ3n) is 3.60. The summed E-state index contributed by atoms with van der Waals surface area (Å²) in [5.41, 5.74) is 0.853. The van der Waals surface area contributed by atoms with Gasteiger partial charge in [0.2, 0.25) is 9.84 Å². The number of hydrogen-bond donors (Lipinski definition) is 0. The van der Waals surface area contributed by atoms with Gasteiger partial charge in [-0.05, 0) is 43.0 Å². The molecule has 1 aliphatic rings. The van der Waals surface area contributed by atoms with Crippen LogP contribution in [0, 0.1) is 5.92 Å². The average molecular weight is 324 g/mol. The van der Waals surface area contributed by atoms with E-state index in [-0.39, 0.29) is 4.90 Å². The summed E-state index contributed by atoms with van der Waals surface area (Å²) in [6.07, 6.45) is 1.97. The minimum atomic E-state index is -4.51. The van der Waals surface area contributed by atoms with E-state index in [1.54, 1.807) is 12.1 Å². The Kier molecular flexibility index (Phi) is 4.86. The van der Waals surface area contributed by atoms with Crippen molar-refractivity contribution in [2.45, 2.75) is 23.5 Å². The largest absolute Gasteiger partial charge is 0.372 e. The predicted molar refractivity (Wildman–Crippen MR) is 75.3 cm³/mol. The topological polar surface area (TPSA) is 37.4 Å². The molecule has 1 heterocycles. The number of rotatable bonds is 4. The van der Waals surface area contributed by atoms with E-state index in [1.807, 2.05) is 0 Å². The second-order valence-electron chi connectivity index (χ2n) is 4.88. The first kappa shape index (κ1) is 15.5. The number of benzene rings is 1. The first-order chi connectivity index (χ1) is 9.45. The highest BCUT2D eigenvalue weighted by Crippen LogP contribution is 2.26. The van der Waals surface area contributed by atoms with Crippen molar-refractivity contribution in [3.8, 4) is 0 Å². The van der Waals surface area contributed by atoms with Crippen LogP contribution in [0.15, 0.2) is 29.2 Å². The second kappa shape index (κ2) is 6.26. The zero-order valence-electron chi connectivity index (χ0n) is 10.8. The Morgan fingerprint density at radius 2 is 1.75 bits per heavy atom. The molecule has 0 atom stereocenters. The lowest BCUT2D eigenvalue weighted by molar-refractivity contribution is 0.234. The molecule has 20 heavy (non-hydrogen) atoms. The van der Waals surface area contributed by atoms with E-state index in [1.165, 1.54) is 12.1 Å². The van der Waals surface area contributed by atoms with Gasteiger partial charge in [-0.2, -0.15) is 8.78 Å². The number of nitrogens with zero attached hydrogens (tertiary/aromatic N) is 1. The number of hydrogen-bond acceptors (Lipinski definition) is 3. The van der Waals surface area contributed by atoms with Crippen LogP contribution in [-0.4, -0.2) is 33.1 Å². The Labute approximate surface area is 122 Å². The molecule has 0 aromatic heterocycles. The lowest BCUT2D eigenvalue weighted by Gasteiger charge is -2.32. The maximum Gasteiger partial charge on any atom is 0.341 e. The number of sulfone groups is 1. The minimum absolute atomic E-state index is 0.341. The lowest BCUT2D eigenvalue weighted by Crippen LogP contribution is -2.34. The monoisotopic (exact) mass is 323 g/mol. The fourth-order valence-corrected chi connectivity index (χ4v) is 3.32. The van der Waals surface area contributed by atoms with Gasteiger partial charge >= 0.3 is 5.76 Å². The molecule has 0 aliphatic carbocycles. The van der Waals surface area contributed by atoms with E-state index in [4.69, 9.17) is 11.6 Å². The molecule has 0 saturated carbocycles. The SMILES string of the molecule is O=S(=O)(c1ccc(N2CCC(CCl)CC2)cc1)C(F)F. The molecule has 1 aromatic carbocycles. The van der Waals surface area contributed by atoms with Crippen LogP contribution in [0.25, 0.3) is 0 Å². The summed E-state index contributed by atoms with van der Waals surface area (Å²) in [6.45, 7) is 1.69. The highest BCUT2D eigenvalue weighted by molar-refractivity contribution is 7.91. The van der Waals surface area contributed by atoms with Gasteiger partial charge in [0.25, 0.3) is 0 Å². The highest BCUT2D eigenvalue weighted by Gasteiger charge is 2.26. The molecule has 0 N–H and O–H groups in total. The van der Waals surface area contributed by atoms with Crippen LogP contribution in [0.3, 0.4) is 0 Å². The molecule has 112 valence electrons. The van der Waals surface area contributed by atoms with Gasteiger partial charge in [0.1, 0.15) is 0 Å². The molecule has 1 aromatic rings. The standard InChI is InChI=1S/C13H16ClF2NO2S/c14-9-10-5-7-17(8-6-10)11-1-3-12(4-2-11)20(18,19)13(15)16/h1-4,10,13H,5-9H2. The van der Waals surface area contributed by atoms with Crippen LogP contribution < -0.4 is 4.90 Å². The summed E-state index contributed by atoms with van der Waals surface area (Å²) in [5.74, 6) is -2.21. The molecular weight excluding hydrogens is 308 g/mol. The van der Waals surface area contributed by atoms with Gasteiger partial charge in [-0.15, -0.1) is 11.6 Å². The Bertz CT molecular complexity index is 540. The maximum atomic E-state index is 12.4. The zero-order chi connectivity index (χ0) is 14.8. The molecule has 3 nitrogen and oxygen atoms in total. The van der Waals surface area contributed by atoms with E-state index < -0.39 is 15.6 Å². The van der Waals surface area contributed by atoms with Crippen LogP contribution in [0.4, 0.5) is 14.5 Å². The van der Waals surface area contributed by atoms with E-state index in [9.17, 15) is 17.2 Å². The molecule has 7 heteroatoms. The molecule has 0 radical (unpaired) electrons. The average Bonchev–Trinajstić information content (AvgIpc) is 2.47. The van der Waals surface area contributed by atoms with E-state index in [0.717, 1.165) is 31.6 Å². The van der Waals surface area contributed by atoms with Gasteiger partial charge < -0.3 is 4.90 Å². The summed E-state index contributed by atoms with van der Waals surface area (Å²) in [4.78, 5) is 1.77. The molecule has 0 bridgehead atoms. The van der Waals surface area contributed by atoms with Gasteiger partial charge in [0.05, 0.1) is 4.90 Å². The molecule has 1 aliphatic heterocycles. The normalized spacial score (nSPS) is 17.7. The van der Waals surface area contributed by atoms with Crippen LogP contribution >= 0.6 is 11.6 Å². The fraction of sp³-hybridized carbons (Fsp3) is 0.538. The van der Waals surface area contributed by atoms with Gasteiger partial charge in [0, 0.05) is 24.7 Å². The molecule has 0 unspecified atom stereocenters. The van der Waals surface area contributed by atoms with Crippen molar-refractivity contribution in [3.05, 3.63) is 24.3 Å². The molecule has 1 saturated heterocycles. The highest BCUT2D eigenvalue weighted by atomic mass is 35.5. The molecular formula is C13H16ClF2NO2S. The van der Waals surface area contributed by atoms with Crippen LogP contribution in [0.2, 0.25) is 0 Å². The number of alkyl halides is 3. The molecule has 0 amide bonds. The van der Waals surface area contributed by atoms with Gasteiger partial charge in [0.15, 0.2) is 0 Å². The molecule has 2 rings (SSSR count). The second-order valence-corrected chi connectivity index (χ2v) is 7.11. The third kappa shape index (κ3) is 3.23. The summed E-state index contributed by atoms with van der Waals surface area (Å²) >= 11 is 5.82. The zero-order valence-corrected chi connectivity index (χ0v) is 12.4. The Morgan fingerprint density at radius 1 is 1.20 bits per heavy atom. The lowest BCUT2D eigenvalue weighted by atomic mass is 9.98. The summed E-state index contributed by atoms with van der Waals surface area (Å²) < 4.78 is 47.5. The van der Waals surface area contributed by atoms with E-state index in [2.05, 4.69) is 4.90 Å². The third-order valence-corrected chi connectivity index (χ3v) is 5.43. The number of anilines is 1. The van der Waals surface area contributed by atoms with Crippen molar-refractivity contribution in [2.75, 3.05) is 23.9 Å². The van der Waals surface area contributed by atoms with E-state index in [0.29, 0.717) is 11.8 Å². The van der Waals surface area contributed by atoms with Gasteiger partial charge in [-0.1, -0.05) is 0 Å². The van der Waals surface area contributed by atoms with Crippen molar-refractivity contribution in [1.82, 2.24) is 0 Å². The Morgan fingerprint density at radius 3 is 2.20 bits per heavy atom. The smallest absolute Gasteiger partial charge is 0.341 e. The number of piperidine rings is 1. The van der Waals surface area contributed by atoms with Crippen molar-refractivity contribution >= 4 is 27.1 Å². The van der Waals surface area contributed by atoms with Crippen LogP contribution in [0.1, 0.15) is 12.8 Å². The van der Waals surface area contributed by atoms with Gasteiger partial charge in [-0.3, -0.25) is 0 Å². The van der Waals surface area contributed by atoms with Crippen molar-refractivity contribution < 1.29 is 17.2 Å². The van der Waals surface area contributed by atoms with Crippen LogP contribution in [-0.2, 0) is 9.84 Å².